The van der Waals surface area contributed by atoms with Gasteiger partial charge in [0.05, 0.1) is 12.1 Å². The SMILES string of the molecule is COc1cc(/C=C(\C#N)C(=O)Nc2cccc(Br)c2)cc(Cl)c1OCC(=O)O. The molecule has 0 heterocycles. The second-order valence-corrected chi connectivity index (χ2v) is 6.67. The van der Waals surface area contributed by atoms with Crippen LogP contribution in [0, 0.1) is 11.3 Å². The molecule has 7 nitrogen and oxygen atoms in total. The van der Waals surface area contributed by atoms with Crippen LogP contribution in [0.1, 0.15) is 5.56 Å². The van der Waals surface area contributed by atoms with E-state index in [0.717, 1.165) is 4.47 Å². The highest BCUT2D eigenvalue weighted by molar-refractivity contribution is 9.10. The van der Waals surface area contributed by atoms with Gasteiger partial charge in [-0.2, -0.15) is 5.26 Å². The van der Waals surface area contributed by atoms with Crippen molar-refractivity contribution in [3.05, 3.63) is 57.0 Å². The monoisotopic (exact) mass is 464 g/mol. The number of hydrogen-bond acceptors (Lipinski definition) is 5. The Bertz CT molecular complexity index is 985. The average Bonchev–Trinajstić information content (AvgIpc) is 2.64. The molecular weight excluding hydrogens is 452 g/mol. The molecule has 0 bridgehead atoms. The fourth-order valence-corrected chi connectivity index (χ4v) is 2.85. The Morgan fingerprint density at radius 1 is 1.36 bits per heavy atom. The first-order valence-corrected chi connectivity index (χ1v) is 8.92. The Morgan fingerprint density at radius 2 is 2.11 bits per heavy atom. The van der Waals surface area contributed by atoms with Gasteiger partial charge in [0.2, 0.25) is 0 Å². The molecule has 2 aromatic carbocycles. The highest BCUT2D eigenvalue weighted by Crippen LogP contribution is 2.37. The van der Waals surface area contributed by atoms with Gasteiger partial charge in [-0.05, 0) is 42.0 Å². The van der Waals surface area contributed by atoms with Crippen LogP contribution in [0.4, 0.5) is 5.69 Å². The molecule has 0 unspecified atom stereocenters. The molecule has 0 aliphatic heterocycles. The number of nitrogens with one attached hydrogen (secondary N) is 1. The number of anilines is 1. The first-order chi connectivity index (χ1) is 13.3. The summed E-state index contributed by atoms with van der Waals surface area (Å²) >= 11 is 9.44. The quantitative estimate of drug-likeness (QED) is 0.470. The van der Waals surface area contributed by atoms with Crippen LogP contribution in [0.25, 0.3) is 6.08 Å². The molecule has 2 rings (SSSR count). The van der Waals surface area contributed by atoms with Gasteiger partial charge in [0, 0.05) is 10.2 Å². The number of carboxylic acid groups (broad SMARTS) is 1. The van der Waals surface area contributed by atoms with Gasteiger partial charge in [-0.3, -0.25) is 4.79 Å². The van der Waals surface area contributed by atoms with Crippen molar-refractivity contribution in [3.63, 3.8) is 0 Å². The van der Waals surface area contributed by atoms with E-state index in [9.17, 15) is 14.9 Å². The lowest BCUT2D eigenvalue weighted by Gasteiger charge is -2.12. The number of amides is 1. The van der Waals surface area contributed by atoms with Crippen LogP contribution in [-0.2, 0) is 9.59 Å². The van der Waals surface area contributed by atoms with Crippen molar-refractivity contribution in [1.29, 1.82) is 5.26 Å². The van der Waals surface area contributed by atoms with Crippen molar-refractivity contribution in [3.8, 4) is 17.6 Å². The Hall–Kier alpha value is -3.02. The Balaban J connectivity index is 2.30. The fraction of sp³-hybridized carbons (Fsp3) is 0.105. The molecule has 0 aromatic heterocycles. The average molecular weight is 466 g/mol. The molecule has 0 atom stereocenters. The number of rotatable bonds is 7. The zero-order valence-corrected chi connectivity index (χ0v) is 16.9. The van der Waals surface area contributed by atoms with Crippen LogP contribution in [0.3, 0.4) is 0 Å². The zero-order chi connectivity index (χ0) is 20.7. The Kier molecular flexibility index (Phi) is 7.44. The number of benzene rings is 2. The normalized spacial score (nSPS) is 10.7. The maximum atomic E-state index is 12.4. The van der Waals surface area contributed by atoms with Gasteiger partial charge in [0.25, 0.3) is 5.91 Å². The molecule has 144 valence electrons. The number of carbonyl (C=O) groups is 2. The molecule has 0 saturated carbocycles. The predicted octanol–water partition coefficient (Wildman–Crippen LogP) is 4.12. The largest absolute Gasteiger partial charge is 0.493 e. The Labute approximate surface area is 174 Å². The van der Waals surface area contributed by atoms with Crippen molar-refractivity contribution in [2.45, 2.75) is 0 Å². The van der Waals surface area contributed by atoms with Crippen LogP contribution < -0.4 is 14.8 Å². The van der Waals surface area contributed by atoms with Gasteiger partial charge in [-0.1, -0.05) is 33.6 Å². The molecule has 0 aliphatic rings. The lowest BCUT2D eigenvalue weighted by atomic mass is 10.1. The molecule has 28 heavy (non-hydrogen) atoms. The number of aliphatic carboxylic acids is 1. The molecular formula is C19H14BrClN2O5. The van der Waals surface area contributed by atoms with Gasteiger partial charge in [0.1, 0.15) is 11.6 Å². The van der Waals surface area contributed by atoms with E-state index in [4.69, 9.17) is 26.2 Å². The third-order valence-electron chi connectivity index (χ3n) is 3.35. The van der Waals surface area contributed by atoms with Gasteiger partial charge in [-0.15, -0.1) is 0 Å². The number of ether oxygens (including phenoxy) is 2. The number of halogens is 2. The number of carboxylic acids is 1. The molecule has 0 saturated heterocycles. The van der Waals surface area contributed by atoms with Crippen molar-refractivity contribution < 1.29 is 24.2 Å². The third kappa shape index (κ3) is 5.74. The summed E-state index contributed by atoms with van der Waals surface area (Å²) in [4.78, 5) is 23.1. The summed E-state index contributed by atoms with van der Waals surface area (Å²) < 4.78 is 11.1. The van der Waals surface area contributed by atoms with Crippen LogP contribution >= 0.6 is 27.5 Å². The summed E-state index contributed by atoms with van der Waals surface area (Å²) in [6, 6.07) is 11.7. The van der Waals surface area contributed by atoms with E-state index in [0.29, 0.717) is 11.3 Å². The summed E-state index contributed by atoms with van der Waals surface area (Å²) in [5.41, 5.74) is 0.774. The van der Waals surface area contributed by atoms with E-state index in [2.05, 4.69) is 21.2 Å². The van der Waals surface area contributed by atoms with Crippen molar-refractivity contribution in [2.75, 3.05) is 19.0 Å². The first-order valence-electron chi connectivity index (χ1n) is 7.75. The van der Waals surface area contributed by atoms with Gasteiger partial charge < -0.3 is 19.9 Å². The predicted molar refractivity (Wildman–Crippen MR) is 107 cm³/mol. The van der Waals surface area contributed by atoms with Gasteiger partial charge in [-0.25, -0.2) is 4.79 Å². The summed E-state index contributed by atoms with van der Waals surface area (Å²) in [6.45, 7) is -0.593. The first kappa shape index (κ1) is 21.3. The van der Waals surface area contributed by atoms with E-state index in [1.54, 1.807) is 24.3 Å². The minimum Gasteiger partial charge on any atom is -0.493 e. The molecule has 2 aromatic rings. The lowest BCUT2D eigenvalue weighted by molar-refractivity contribution is -0.139. The van der Waals surface area contributed by atoms with E-state index in [1.165, 1.54) is 25.3 Å². The summed E-state index contributed by atoms with van der Waals surface area (Å²) in [5, 5.41) is 20.8. The van der Waals surface area contributed by atoms with Crippen LogP contribution in [0.15, 0.2) is 46.4 Å². The number of hydrogen-bond donors (Lipinski definition) is 2. The fourth-order valence-electron chi connectivity index (χ4n) is 2.18. The van der Waals surface area contributed by atoms with Crippen molar-refractivity contribution in [1.82, 2.24) is 0 Å². The second kappa shape index (κ2) is 9.78. The highest BCUT2D eigenvalue weighted by Gasteiger charge is 2.15. The van der Waals surface area contributed by atoms with Crippen molar-refractivity contribution >= 4 is 51.2 Å². The van der Waals surface area contributed by atoms with Gasteiger partial charge in [0.15, 0.2) is 18.1 Å². The topological polar surface area (TPSA) is 109 Å². The molecule has 0 spiro atoms. The zero-order valence-electron chi connectivity index (χ0n) is 14.5. The maximum Gasteiger partial charge on any atom is 0.341 e. The van der Waals surface area contributed by atoms with Crippen LogP contribution in [-0.4, -0.2) is 30.7 Å². The molecule has 0 radical (unpaired) electrons. The van der Waals surface area contributed by atoms with E-state index in [-0.39, 0.29) is 22.1 Å². The maximum absolute atomic E-state index is 12.4. The van der Waals surface area contributed by atoms with E-state index in [1.807, 2.05) is 6.07 Å². The second-order valence-electron chi connectivity index (χ2n) is 5.35. The lowest BCUT2D eigenvalue weighted by Crippen LogP contribution is -2.13. The van der Waals surface area contributed by atoms with Crippen molar-refractivity contribution in [2.24, 2.45) is 0 Å². The van der Waals surface area contributed by atoms with E-state index >= 15 is 0 Å². The van der Waals surface area contributed by atoms with E-state index < -0.39 is 18.5 Å². The highest BCUT2D eigenvalue weighted by atomic mass is 79.9. The number of methoxy groups -OCH3 is 1. The number of nitrogens with zero attached hydrogens (tertiary/aromatic N) is 1. The minimum atomic E-state index is -1.17. The molecule has 9 heteroatoms. The molecule has 0 fully saturated rings. The minimum absolute atomic E-state index is 0.0563. The smallest absolute Gasteiger partial charge is 0.341 e. The molecule has 2 N–H and O–H groups in total. The molecule has 1 amide bonds. The van der Waals surface area contributed by atoms with Crippen LogP contribution in [0.2, 0.25) is 5.02 Å². The standard InChI is InChI=1S/C19H14BrClN2O5/c1-27-16-7-11(6-15(21)18(16)28-10-17(24)25)5-12(9-22)19(26)23-14-4-2-3-13(20)8-14/h2-8H,10H2,1H3,(H,23,26)(H,24,25)/b12-5+. The summed E-state index contributed by atoms with van der Waals surface area (Å²) in [5.74, 6) is -1.54. The van der Waals surface area contributed by atoms with Crippen LogP contribution in [0.5, 0.6) is 11.5 Å². The van der Waals surface area contributed by atoms with Gasteiger partial charge >= 0.3 is 5.97 Å². The molecule has 0 aliphatic carbocycles. The number of carbonyl (C=O) groups excluding carboxylic acids is 1. The Morgan fingerprint density at radius 3 is 2.71 bits per heavy atom. The summed E-state index contributed by atoms with van der Waals surface area (Å²) in [7, 11) is 1.36. The third-order valence-corrected chi connectivity index (χ3v) is 4.12. The summed E-state index contributed by atoms with van der Waals surface area (Å²) in [6.07, 6.45) is 1.34. The number of nitriles is 1.